The average Bonchev–Trinajstić information content (AvgIpc) is 2.15. The molecule has 1 radical (unpaired) electrons. The van der Waals surface area contributed by atoms with Gasteiger partial charge in [0.05, 0.1) is 0 Å². The third-order valence-electron chi connectivity index (χ3n) is 2.42. The van der Waals surface area contributed by atoms with Crippen LogP contribution in [-0.2, 0) is 0 Å². The molecule has 0 aromatic heterocycles. The highest BCUT2D eigenvalue weighted by molar-refractivity contribution is 5.22. The zero-order valence-corrected chi connectivity index (χ0v) is 8.56. The third-order valence-corrected chi connectivity index (χ3v) is 2.42. The molecule has 0 amide bonds. The maximum absolute atomic E-state index is 13.4. The van der Waals surface area contributed by atoms with Crippen molar-refractivity contribution >= 4 is 0 Å². The van der Waals surface area contributed by atoms with Crippen molar-refractivity contribution in [3.8, 4) is 0 Å². The second-order valence-electron chi connectivity index (χ2n) is 3.41. The Morgan fingerprint density at radius 3 is 2.57 bits per heavy atom. The molecule has 0 aliphatic rings. The van der Waals surface area contributed by atoms with Crippen molar-refractivity contribution in [2.75, 3.05) is 0 Å². The van der Waals surface area contributed by atoms with Gasteiger partial charge in [0.25, 0.3) is 0 Å². The minimum Gasteiger partial charge on any atom is -0.207 e. The fraction of sp³-hybridized carbons (Fsp3) is 0.417. The van der Waals surface area contributed by atoms with Crippen molar-refractivity contribution in [3.63, 3.8) is 0 Å². The monoisotopic (exact) mass is 197 g/mol. The normalized spacial score (nSPS) is 12.9. The quantitative estimate of drug-likeness (QED) is 0.682. The van der Waals surface area contributed by atoms with Crippen LogP contribution < -0.4 is 0 Å². The van der Waals surface area contributed by atoms with Crippen LogP contribution in [0.25, 0.3) is 0 Å². The number of rotatable bonds is 4. The number of hydrogen-bond donors (Lipinski definition) is 0. The number of benzene rings is 1. The van der Waals surface area contributed by atoms with Gasteiger partial charge in [-0.05, 0) is 36.8 Å². The molecule has 0 saturated heterocycles. The highest BCUT2D eigenvalue weighted by Crippen LogP contribution is 2.26. The van der Waals surface area contributed by atoms with Gasteiger partial charge in [0.1, 0.15) is 11.6 Å². The smallest absolute Gasteiger partial charge is 0.129 e. The van der Waals surface area contributed by atoms with Crippen molar-refractivity contribution in [2.45, 2.75) is 32.6 Å². The zero-order valence-electron chi connectivity index (χ0n) is 8.56. The van der Waals surface area contributed by atoms with E-state index in [-0.39, 0.29) is 5.92 Å². The standard InChI is InChI=1S/C12H15F2/c1-3-5-9(4-2)11-7-6-10(13)8-12(11)14/h3,6-9H,4-5H2,1-2H3. The first-order valence-electron chi connectivity index (χ1n) is 4.91. The van der Waals surface area contributed by atoms with Crippen LogP contribution >= 0.6 is 0 Å². The molecule has 14 heavy (non-hydrogen) atoms. The summed E-state index contributed by atoms with van der Waals surface area (Å²) in [5.74, 6) is -0.777. The van der Waals surface area contributed by atoms with E-state index in [9.17, 15) is 8.78 Å². The van der Waals surface area contributed by atoms with E-state index in [1.165, 1.54) is 6.07 Å². The first-order chi connectivity index (χ1) is 6.69. The first kappa shape index (κ1) is 11.2. The van der Waals surface area contributed by atoms with E-state index in [1.807, 2.05) is 20.3 Å². The summed E-state index contributed by atoms with van der Waals surface area (Å²) in [5.41, 5.74) is 0.618. The van der Waals surface area contributed by atoms with Crippen molar-refractivity contribution in [1.82, 2.24) is 0 Å². The molecule has 1 rings (SSSR count). The van der Waals surface area contributed by atoms with Crippen molar-refractivity contribution in [3.05, 3.63) is 41.8 Å². The maximum atomic E-state index is 13.4. The molecule has 1 aromatic rings. The fourth-order valence-electron chi connectivity index (χ4n) is 1.63. The Kier molecular flexibility index (Phi) is 4.05. The molecule has 1 atom stereocenters. The molecular formula is C12H15F2. The van der Waals surface area contributed by atoms with E-state index in [2.05, 4.69) is 0 Å². The molecular weight excluding hydrogens is 182 g/mol. The summed E-state index contributed by atoms with van der Waals surface area (Å²) in [6.07, 6.45) is 3.71. The van der Waals surface area contributed by atoms with Crippen LogP contribution in [0.3, 0.4) is 0 Å². The van der Waals surface area contributed by atoms with E-state index < -0.39 is 11.6 Å². The van der Waals surface area contributed by atoms with Crippen LogP contribution in [0.2, 0.25) is 0 Å². The molecule has 0 bridgehead atoms. The lowest BCUT2D eigenvalue weighted by atomic mass is 9.92. The van der Waals surface area contributed by atoms with Crippen LogP contribution in [-0.4, -0.2) is 0 Å². The minimum absolute atomic E-state index is 0.167. The minimum atomic E-state index is -0.512. The summed E-state index contributed by atoms with van der Waals surface area (Å²) >= 11 is 0. The van der Waals surface area contributed by atoms with Crippen molar-refractivity contribution in [2.24, 2.45) is 0 Å². The van der Waals surface area contributed by atoms with Gasteiger partial charge in [0, 0.05) is 6.07 Å². The predicted octanol–water partition coefficient (Wildman–Crippen LogP) is 4.07. The molecule has 0 saturated carbocycles. The van der Waals surface area contributed by atoms with Gasteiger partial charge < -0.3 is 0 Å². The fourth-order valence-corrected chi connectivity index (χ4v) is 1.63. The molecule has 77 valence electrons. The lowest BCUT2D eigenvalue weighted by Gasteiger charge is -2.14. The average molecular weight is 197 g/mol. The molecule has 0 nitrogen and oxygen atoms in total. The van der Waals surface area contributed by atoms with Gasteiger partial charge in [0.2, 0.25) is 0 Å². The molecule has 0 fully saturated rings. The summed E-state index contributed by atoms with van der Waals surface area (Å²) in [5, 5.41) is 0. The van der Waals surface area contributed by atoms with E-state index in [4.69, 9.17) is 0 Å². The summed E-state index contributed by atoms with van der Waals surface area (Å²) < 4.78 is 26.0. The van der Waals surface area contributed by atoms with Gasteiger partial charge >= 0.3 is 0 Å². The second kappa shape index (κ2) is 5.08. The lowest BCUT2D eigenvalue weighted by molar-refractivity contribution is 0.542. The van der Waals surface area contributed by atoms with Crippen LogP contribution in [0.1, 0.15) is 38.2 Å². The molecule has 0 aliphatic heterocycles. The van der Waals surface area contributed by atoms with E-state index >= 15 is 0 Å². The van der Waals surface area contributed by atoms with E-state index in [0.717, 1.165) is 18.9 Å². The zero-order chi connectivity index (χ0) is 10.6. The van der Waals surface area contributed by atoms with Gasteiger partial charge in [-0.1, -0.05) is 19.9 Å². The summed E-state index contributed by atoms with van der Waals surface area (Å²) in [6, 6.07) is 3.81. The highest BCUT2D eigenvalue weighted by atomic mass is 19.1. The Morgan fingerprint density at radius 1 is 1.36 bits per heavy atom. The summed E-state index contributed by atoms with van der Waals surface area (Å²) in [4.78, 5) is 0. The molecule has 1 unspecified atom stereocenters. The van der Waals surface area contributed by atoms with Crippen molar-refractivity contribution < 1.29 is 8.78 Å². The number of halogens is 2. The van der Waals surface area contributed by atoms with E-state index in [1.54, 1.807) is 6.07 Å². The van der Waals surface area contributed by atoms with Crippen LogP contribution in [0.5, 0.6) is 0 Å². The lowest BCUT2D eigenvalue weighted by Crippen LogP contribution is -2.00. The van der Waals surface area contributed by atoms with Gasteiger partial charge in [-0.25, -0.2) is 8.78 Å². The summed E-state index contributed by atoms with van der Waals surface area (Å²) in [6.45, 7) is 3.96. The van der Waals surface area contributed by atoms with Gasteiger partial charge in [0.15, 0.2) is 0 Å². The first-order valence-corrected chi connectivity index (χ1v) is 4.91. The van der Waals surface area contributed by atoms with Crippen LogP contribution in [0, 0.1) is 18.1 Å². The third kappa shape index (κ3) is 2.53. The maximum Gasteiger partial charge on any atom is 0.129 e. The highest BCUT2D eigenvalue weighted by Gasteiger charge is 2.13. The Morgan fingerprint density at radius 2 is 2.07 bits per heavy atom. The molecule has 0 heterocycles. The van der Waals surface area contributed by atoms with E-state index in [0.29, 0.717) is 5.56 Å². The Hall–Kier alpha value is -0.920. The molecule has 0 spiro atoms. The van der Waals surface area contributed by atoms with Gasteiger partial charge in [-0.2, -0.15) is 0 Å². The Bertz CT molecular complexity index is 294. The molecule has 1 aromatic carbocycles. The molecule has 2 heteroatoms. The second-order valence-corrected chi connectivity index (χ2v) is 3.41. The van der Waals surface area contributed by atoms with Crippen LogP contribution in [0.15, 0.2) is 18.2 Å². The van der Waals surface area contributed by atoms with Crippen LogP contribution in [0.4, 0.5) is 8.78 Å². The van der Waals surface area contributed by atoms with Crippen molar-refractivity contribution in [1.29, 1.82) is 0 Å². The topological polar surface area (TPSA) is 0 Å². The Labute approximate surface area is 84.0 Å². The SMILES string of the molecule is C[CH]CC(CC)c1ccc(F)cc1F. The van der Waals surface area contributed by atoms with Gasteiger partial charge in [-0.15, -0.1) is 0 Å². The number of hydrogen-bond acceptors (Lipinski definition) is 0. The predicted molar refractivity (Wildman–Crippen MR) is 54.0 cm³/mol. The Balaban J connectivity index is 2.92. The molecule has 0 N–H and O–H groups in total. The molecule has 0 aliphatic carbocycles. The van der Waals surface area contributed by atoms with Gasteiger partial charge in [-0.3, -0.25) is 0 Å². The largest absolute Gasteiger partial charge is 0.207 e. The summed E-state index contributed by atoms with van der Waals surface area (Å²) in [7, 11) is 0.